The predicted octanol–water partition coefficient (Wildman–Crippen LogP) is 0.840. The van der Waals surface area contributed by atoms with Crippen LogP contribution in [-0.2, 0) is 9.47 Å². The molecule has 3 atom stereocenters. The fourth-order valence-corrected chi connectivity index (χ4v) is 4.79. The van der Waals surface area contributed by atoms with E-state index in [1.807, 2.05) is 0 Å². The molecule has 8 heteroatoms. The molecule has 0 aliphatic carbocycles. The van der Waals surface area contributed by atoms with E-state index in [-0.39, 0.29) is 30.1 Å². The Morgan fingerprint density at radius 1 is 1.04 bits per heavy atom. The van der Waals surface area contributed by atoms with E-state index in [0.717, 1.165) is 71.6 Å². The summed E-state index contributed by atoms with van der Waals surface area (Å²) in [7, 11) is 0. The first-order chi connectivity index (χ1) is 12.8. The molecule has 0 radical (unpaired) electrons. The van der Waals surface area contributed by atoms with Gasteiger partial charge in [0, 0.05) is 51.4 Å². The molecule has 0 aromatic heterocycles. The molecule has 156 valence electrons. The van der Waals surface area contributed by atoms with Crippen molar-refractivity contribution in [3.63, 3.8) is 0 Å². The molecule has 0 amide bonds. The number of guanidine groups is 1. The van der Waals surface area contributed by atoms with Gasteiger partial charge in [-0.05, 0) is 32.7 Å². The Bertz CT molecular complexity index is 489. The maximum Gasteiger partial charge on any atom is 0.194 e. The van der Waals surface area contributed by atoms with Crippen molar-refractivity contribution in [1.82, 2.24) is 20.0 Å². The molecular formula is C19H36IN5O2. The lowest BCUT2D eigenvalue weighted by Crippen LogP contribution is -2.48. The van der Waals surface area contributed by atoms with Crippen LogP contribution < -0.4 is 5.32 Å². The highest BCUT2D eigenvalue weighted by atomic mass is 127. The molecule has 4 rings (SSSR count). The van der Waals surface area contributed by atoms with Gasteiger partial charge in [0.15, 0.2) is 5.96 Å². The summed E-state index contributed by atoms with van der Waals surface area (Å²) in [6.45, 7) is 13.1. The van der Waals surface area contributed by atoms with Crippen molar-refractivity contribution in [1.29, 1.82) is 0 Å². The van der Waals surface area contributed by atoms with Gasteiger partial charge in [-0.1, -0.05) is 0 Å². The maximum atomic E-state index is 6.08. The third kappa shape index (κ3) is 5.46. The Kier molecular flexibility index (Phi) is 8.43. The summed E-state index contributed by atoms with van der Waals surface area (Å²) in [5.41, 5.74) is 0. The van der Waals surface area contributed by atoms with Crippen molar-refractivity contribution < 1.29 is 9.47 Å². The number of nitrogens with zero attached hydrogens (tertiary/aromatic N) is 4. The normalized spacial score (nSPS) is 33.0. The minimum absolute atomic E-state index is 0. The van der Waals surface area contributed by atoms with Gasteiger partial charge in [0.25, 0.3) is 0 Å². The molecule has 3 unspecified atom stereocenters. The van der Waals surface area contributed by atoms with Crippen molar-refractivity contribution in [2.24, 2.45) is 4.99 Å². The summed E-state index contributed by atoms with van der Waals surface area (Å²) in [5, 5.41) is 3.50. The molecule has 4 aliphatic rings. The van der Waals surface area contributed by atoms with Gasteiger partial charge in [-0.2, -0.15) is 0 Å². The van der Waals surface area contributed by atoms with Crippen LogP contribution in [0.1, 0.15) is 26.2 Å². The SMILES string of the molecule is CCNC(=NCC1CN2CCCC2CO1)N1CCC(N2CCOCC2)C1.I. The standard InChI is InChI=1S/C19H35N5O2.HI/c1-2-20-19(21-12-18-14-23-6-3-4-17(23)15-26-18)24-7-5-16(13-24)22-8-10-25-11-9-22;/h16-18H,2-15H2,1H3,(H,20,21);1H. The molecule has 4 aliphatic heterocycles. The third-order valence-corrected chi connectivity index (χ3v) is 6.27. The van der Waals surface area contributed by atoms with Crippen LogP contribution in [-0.4, -0.2) is 111 Å². The molecule has 0 spiro atoms. The number of hydrogen-bond acceptors (Lipinski definition) is 5. The van der Waals surface area contributed by atoms with Gasteiger partial charge >= 0.3 is 0 Å². The second kappa shape index (κ2) is 10.6. The van der Waals surface area contributed by atoms with Crippen LogP contribution in [0.25, 0.3) is 0 Å². The number of halogens is 1. The topological polar surface area (TPSA) is 52.6 Å². The molecule has 1 N–H and O–H groups in total. The van der Waals surface area contributed by atoms with Gasteiger partial charge in [0.1, 0.15) is 0 Å². The Labute approximate surface area is 180 Å². The molecule has 4 heterocycles. The van der Waals surface area contributed by atoms with Gasteiger partial charge in [0.2, 0.25) is 0 Å². The van der Waals surface area contributed by atoms with Crippen LogP contribution in [0.5, 0.6) is 0 Å². The van der Waals surface area contributed by atoms with Gasteiger partial charge in [-0.25, -0.2) is 0 Å². The van der Waals surface area contributed by atoms with Gasteiger partial charge < -0.3 is 19.7 Å². The summed E-state index contributed by atoms with van der Waals surface area (Å²) in [4.78, 5) is 12.6. The summed E-state index contributed by atoms with van der Waals surface area (Å²) in [6, 6.07) is 1.30. The largest absolute Gasteiger partial charge is 0.379 e. The lowest BCUT2D eigenvalue weighted by atomic mass is 10.2. The smallest absolute Gasteiger partial charge is 0.194 e. The van der Waals surface area contributed by atoms with Crippen LogP contribution in [0.15, 0.2) is 4.99 Å². The van der Waals surface area contributed by atoms with E-state index in [4.69, 9.17) is 14.5 Å². The molecule has 0 aromatic rings. The average molecular weight is 493 g/mol. The van der Waals surface area contributed by atoms with Crippen LogP contribution in [0.2, 0.25) is 0 Å². The zero-order valence-electron chi connectivity index (χ0n) is 16.6. The predicted molar refractivity (Wildman–Crippen MR) is 118 cm³/mol. The van der Waals surface area contributed by atoms with Crippen LogP contribution in [0.4, 0.5) is 0 Å². The summed E-state index contributed by atoms with van der Waals surface area (Å²) >= 11 is 0. The van der Waals surface area contributed by atoms with E-state index >= 15 is 0 Å². The van der Waals surface area contributed by atoms with E-state index in [1.165, 1.54) is 25.8 Å². The maximum absolute atomic E-state index is 6.08. The number of aliphatic imine (C=N–C) groups is 1. The van der Waals surface area contributed by atoms with Crippen LogP contribution in [0, 0.1) is 0 Å². The van der Waals surface area contributed by atoms with E-state index in [2.05, 4.69) is 26.9 Å². The number of ether oxygens (including phenoxy) is 2. The quantitative estimate of drug-likeness (QED) is 0.356. The van der Waals surface area contributed by atoms with Gasteiger partial charge in [-0.15, -0.1) is 24.0 Å². The van der Waals surface area contributed by atoms with E-state index in [9.17, 15) is 0 Å². The second-order valence-corrected chi connectivity index (χ2v) is 7.98. The van der Waals surface area contributed by atoms with Gasteiger partial charge in [0.05, 0.1) is 32.5 Å². The fourth-order valence-electron chi connectivity index (χ4n) is 4.79. The molecule has 0 bridgehead atoms. The third-order valence-electron chi connectivity index (χ3n) is 6.27. The molecule has 7 nitrogen and oxygen atoms in total. The fraction of sp³-hybridized carbons (Fsp3) is 0.947. The average Bonchev–Trinajstić information content (AvgIpc) is 3.35. The number of likely N-dealkylation sites (tertiary alicyclic amines) is 1. The van der Waals surface area contributed by atoms with Gasteiger partial charge in [-0.3, -0.25) is 14.8 Å². The molecule has 0 saturated carbocycles. The Hall–Kier alpha value is -0.160. The lowest BCUT2D eigenvalue weighted by Gasteiger charge is -2.35. The minimum atomic E-state index is 0. The monoisotopic (exact) mass is 493 g/mol. The minimum Gasteiger partial charge on any atom is -0.379 e. The number of rotatable bonds is 4. The summed E-state index contributed by atoms with van der Waals surface area (Å²) in [5.74, 6) is 1.07. The highest BCUT2D eigenvalue weighted by molar-refractivity contribution is 14.0. The first kappa shape index (κ1) is 21.5. The first-order valence-electron chi connectivity index (χ1n) is 10.5. The first-order valence-corrected chi connectivity index (χ1v) is 10.5. The van der Waals surface area contributed by atoms with Crippen LogP contribution in [0.3, 0.4) is 0 Å². The highest BCUT2D eigenvalue weighted by Gasteiger charge is 2.33. The molecule has 0 aromatic carbocycles. The molecule has 4 saturated heterocycles. The Balaban J connectivity index is 0.00000210. The molecule has 4 fully saturated rings. The van der Waals surface area contributed by atoms with E-state index in [1.54, 1.807) is 0 Å². The van der Waals surface area contributed by atoms with E-state index in [0.29, 0.717) is 12.1 Å². The van der Waals surface area contributed by atoms with Crippen molar-refractivity contribution in [3.05, 3.63) is 0 Å². The summed E-state index contributed by atoms with van der Waals surface area (Å²) < 4.78 is 11.6. The molecule has 27 heavy (non-hydrogen) atoms. The zero-order valence-corrected chi connectivity index (χ0v) is 19.0. The molecular weight excluding hydrogens is 457 g/mol. The van der Waals surface area contributed by atoms with Crippen molar-refractivity contribution in [2.75, 3.05) is 72.2 Å². The van der Waals surface area contributed by atoms with Crippen molar-refractivity contribution >= 4 is 29.9 Å². The number of fused-ring (bicyclic) bond motifs is 1. The Morgan fingerprint density at radius 3 is 2.70 bits per heavy atom. The van der Waals surface area contributed by atoms with Crippen molar-refractivity contribution in [2.45, 2.75) is 44.4 Å². The van der Waals surface area contributed by atoms with Crippen LogP contribution >= 0.6 is 24.0 Å². The number of hydrogen-bond donors (Lipinski definition) is 1. The number of nitrogens with one attached hydrogen (secondary N) is 1. The van der Waals surface area contributed by atoms with E-state index < -0.39 is 0 Å². The number of morpholine rings is 2. The summed E-state index contributed by atoms with van der Waals surface area (Å²) in [6.07, 6.45) is 4.09. The Morgan fingerprint density at radius 2 is 1.89 bits per heavy atom. The zero-order chi connectivity index (χ0) is 17.8. The van der Waals surface area contributed by atoms with Crippen molar-refractivity contribution in [3.8, 4) is 0 Å². The second-order valence-electron chi connectivity index (χ2n) is 7.98. The lowest BCUT2D eigenvalue weighted by molar-refractivity contribution is -0.0432. The highest BCUT2D eigenvalue weighted by Crippen LogP contribution is 2.23.